The largest absolute Gasteiger partial charge is 0.497 e. The lowest BCUT2D eigenvalue weighted by molar-refractivity contribution is -0.414. The third-order valence-electron chi connectivity index (χ3n) is 5.56. The Labute approximate surface area is 187 Å². The molecule has 32 heavy (non-hydrogen) atoms. The monoisotopic (exact) mass is 449 g/mol. The molecule has 5 atom stereocenters. The number of benzene rings is 1. The Morgan fingerprint density at radius 2 is 1.84 bits per heavy atom. The van der Waals surface area contributed by atoms with E-state index in [1.54, 1.807) is 31.4 Å². The van der Waals surface area contributed by atoms with Crippen molar-refractivity contribution in [2.75, 3.05) is 7.11 Å². The summed E-state index contributed by atoms with van der Waals surface area (Å²) < 4.78 is 5.10. The van der Waals surface area contributed by atoms with E-state index in [2.05, 4.69) is 16.4 Å². The molecule has 1 aliphatic carbocycles. The number of nitrogens with one attached hydrogen (secondary N) is 2. The van der Waals surface area contributed by atoms with E-state index < -0.39 is 48.1 Å². The summed E-state index contributed by atoms with van der Waals surface area (Å²) in [5.74, 6) is -1.09. The molecule has 1 aromatic rings. The van der Waals surface area contributed by atoms with E-state index in [-0.39, 0.29) is 24.3 Å². The number of carbonyl (C=O) groups excluding carboxylic acids is 3. The van der Waals surface area contributed by atoms with Crippen LogP contribution in [0.15, 0.2) is 35.9 Å². The van der Waals surface area contributed by atoms with Crippen LogP contribution in [0.5, 0.6) is 5.75 Å². The first kappa shape index (κ1) is 25.3. The SMILES string of the molecule is COc1ccc(C[C@H](NC(=O)C2=C[C@@H](NC(=O)[C@H]([NH3+])C(C)C)[C@@H](O)[C@H](O)C2)C(N)=O)cc1. The molecule has 3 amide bonds. The summed E-state index contributed by atoms with van der Waals surface area (Å²) in [5, 5.41) is 25.7. The molecule has 9 N–H and O–H groups in total. The van der Waals surface area contributed by atoms with Crippen molar-refractivity contribution in [3.05, 3.63) is 41.5 Å². The molecule has 10 heteroatoms. The van der Waals surface area contributed by atoms with Crippen LogP contribution in [0.25, 0.3) is 0 Å². The number of nitrogens with two attached hydrogens (primary N) is 1. The molecule has 1 aliphatic rings. The molecule has 0 radical (unpaired) electrons. The van der Waals surface area contributed by atoms with Gasteiger partial charge < -0.3 is 37.1 Å². The van der Waals surface area contributed by atoms with E-state index in [0.29, 0.717) is 5.75 Å². The van der Waals surface area contributed by atoms with Crippen molar-refractivity contribution >= 4 is 17.7 Å². The highest BCUT2D eigenvalue weighted by Gasteiger charge is 2.36. The molecule has 1 aromatic carbocycles. The average Bonchev–Trinajstić information content (AvgIpc) is 2.75. The van der Waals surface area contributed by atoms with E-state index in [1.807, 2.05) is 13.8 Å². The molecule has 0 spiro atoms. The first-order valence-corrected chi connectivity index (χ1v) is 10.5. The second-order valence-electron chi connectivity index (χ2n) is 8.32. The van der Waals surface area contributed by atoms with Crippen molar-refractivity contribution in [3.63, 3.8) is 0 Å². The first-order chi connectivity index (χ1) is 15.0. The minimum Gasteiger partial charge on any atom is -0.497 e. The minimum atomic E-state index is -1.28. The molecule has 10 nitrogen and oxygen atoms in total. The van der Waals surface area contributed by atoms with E-state index >= 15 is 0 Å². The van der Waals surface area contributed by atoms with E-state index in [9.17, 15) is 24.6 Å². The highest BCUT2D eigenvalue weighted by atomic mass is 16.5. The number of hydrogen-bond acceptors (Lipinski definition) is 6. The van der Waals surface area contributed by atoms with Crippen LogP contribution in [-0.2, 0) is 20.8 Å². The number of aliphatic hydroxyl groups is 2. The average molecular weight is 450 g/mol. The number of amides is 3. The molecule has 0 unspecified atom stereocenters. The number of hydrogen-bond donors (Lipinski definition) is 6. The summed E-state index contributed by atoms with van der Waals surface area (Å²) in [6.45, 7) is 3.68. The fourth-order valence-electron chi connectivity index (χ4n) is 3.31. The van der Waals surface area contributed by atoms with Crippen LogP contribution in [0.4, 0.5) is 0 Å². The minimum absolute atomic E-state index is 0.0262. The molecule has 0 aromatic heterocycles. The summed E-state index contributed by atoms with van der Waals surface area (Å²) in [7, 11) is 1.54. The van der Waals surface area contributed by atoms with Gasteiger partial charge in [-0.25, -0.2) is 0 Å². The van der Waals surface area contributed by atoms with Crippen LogP contribution in [0, 0.1) is 5.92 Å². The zero-order valence-corrected chi connectivity index (χ0v) is 18.6. The molecule has 0 bridgehead atoms. The Morgan fingerprint density at radius 3 is 2.38 bits per heavy atom. The van der Waals surface area contributed by atoms with Gasteiger partial charge in [-0.15, -0.1) is 0 Å². The van der Waals surface area contributed by atoms with Crippen molar-refractivity contribution in [2.24, 2.45) is 11.7 Å². The molecule has 0 fully saturated rings. The van der Waals surface area contributed by atoms with Gasteiger partial charge in [0.15, 0.2) is 6.04 Å². The summed E-state index contributed by atoms with van der Waals surface area (Å²) in [5.41, 5.74) is 10.2. The number of carbonyl (C=O) groups is 3. The summed E-state index contributed by atoms with van der Waals surface area (Å²) >= 11 is 0. The van der Waals surface area contributed by atoms with Crippen molar-refractivity contribution in [2.45, 2.75) is 57.0 Å². The van der Waals surface area contributed by atoms with E-state index in [4.69, 9.17) is 10.5 Å². The van der Waals surface area contributed by atoms with Gasteiger partial charge in [0.25, 0.3) is 5.91 Å². The van der Waals surface area contributed by atoms with Crippen LogP contribution < -0.4 is 26.8 Å². The van der Waals surface area contributed by atoms with Crippen LogP contribution in [0.2, 0.25) is 0 Å². The number of methoxy groups -OCH3 is 1. The fourth-order valence-corrected chi connectivity index (χ4v) is 3.31. The molecule has 2 rings (SSSR count). The predicted molar refractivity (Wildman–Crippen MR) is 116 cm³/mol. The number of quaternary nitrogens is 1. The second-order valence-corrected chi connectivity index (χ2v) is 8.32. The highest BCUT2D eigenvalue weighted by Crippen LogP contribution is 2.21. The summed E-state index contributed by atoms with van der Waals surface area (Å²) in [4.78, 5) is 37.1. The molecular weight excluding hydrogens is 416 g/mol. The van der Waals surface area contributed by atoms with Gasteiger partial charge in [0, 0.05) is 24.3 Å². The highest BCUT2D eigenvalue weighted by molar-refractivity contribution is 5.97. The Bertz CT molecular complexity index is 854. The first-order valence-electron chi connectivity index (χ1n) is 10.5. The normalized spacial score (nSPS) is 22.5. The summed E-state index contributed by atoms with van der Waals surface area (Å²) in [6.07, 6.45) is -1.11. The third-order valence-corrected chi connectivity index (χ3v) is 5.56. The van der Waals surface area contributed by atoms with Crippen LogP contribution in [0.3, 0.4) is 0 Å². The van der Waals surface area contributed by atoms with Crippen molar-refractivity contribution < 1.29 is 35.1 Å². The Morgan fingerprint density at radius 1 is 1.22 bits per heavy atom. The zero-order valence-electron chi connectivity index (χ0n) is 18.6. The smallest absolute Gasteiger partial charge is 0.278 e. The number of aliphatic hydroxyl groups excluding tert-OH is 2. The Balaban J connectivity index is 2.13. The van der Waals surface area contributed by atoms with Crippen LogP contribution >= 0.6 is 0 Å². The van der Waals surface area contributed by atoms with E-state index in [0.717, 1.165) is 5.56 Å². The van der Waals surface area contributed by atoms with Crippen molar-refractivity contribution in [1.82, 2.24) is 10.6 Å². The Kier molecular flexibility index (Phi) is 8.76. The molecule has 0 aliphatic heterocycles. The topological polar surface area (TPSA) is 179 Å². The van der Waals surface area contributed by atoms with Gasteiger partial charge in [-0.3, -0.25) is 14.4 Å². The third kappa shape index (κ3) is 6.52. The van der Waals surface area contributed by atoms with Gasteiger partial charge >= 0.3 is 0 Å². The quantitative estimate of drug-likeness (QED) is 0.254. The van der Waals surface area contributed by atoms with Crippen molar-refractivity contribution in [1.29, 1.82) is 0 Å². The second kappa shape index (κ2) is 11.1. The van der Waals surface area contributed by atoms with Gasteiger partial charge in [-0.05, 0) is 17.7 Å². The van der Waals surface area contributed by atoms with Gasteiger partial charge in [-0.2, -0.15) is 0 Å². The fraction of sp³-hybridized carbons (Fsp3) is 0.500. The molecule has 0 heterocycles. The van der Waals surface area contributed by atoms with Crippen LogP contribution in [0.1, 0.15) is 25.8 Å². The maximum atomic E-state index is 12.8. The van der Waals surface area contributed by atoms with Crippen molar-refractivity contribution in [3.8, 4) is 5.75 Å². The molecular formula is C22H33N4O6+. The number of rotatable bonds is 9. The molecule has 176 valence electrons. The number of primary amides is 1. The van der Waals surface area contributed by atoms with Gasteiger partial charge in [-0.1, -0.05) is 32.1 Å². The lowest BCUT2D eigenvalue weighted by Gasteiger charge is -2.32. The number of ether oxygens (including phenoxy) is 1. The standard InChI is InChI=1S/C22H32N4O6/c1-11(2)18(23)22(31)25-15-9-13(10-17(27)19(15)28)21(30)26-16(20(24)29)8-12-4-6-14(32-3)7-5-12/h4-7,9,11,15-19,27-28H,8,10,23H2,1-3H3,(H2,24,29)(H,25,31)(H,26,30)/p+1/t15-,16+,17-,18-,19-/m1/s1. The van der Waals surface area contributed by atoms with Gasteiger partial charge in [0.2, 0.25) is 11.8 Å². The lowest BCUT2D eigenvalue weighted by atomic mass is 9.89. The zero-order chi connectivity index (χ0) is 24.0. The summed E-state index contributed by atoms with van der Waals surface area (Å²) in [6, 6.07) is 4.47. The van der Waals surface area contributed by atoms with Crippen LogP contribution in [-0.4, -0.2) is 65.4 Å². The molecule has 0 saturated carbocycles. The lowest BCUT2D eigenvalue weighted by Crippen LogP contribution is -2.71. The van der Waals surface area contributed by atoms with E-state index in [1.165, 1.54) is 6.08 Å². The maximum absolute atomic E-state index is 12.8. The Hall–Kier alpha value is -2.95. The predicted octanol–water partition coefficient (Wildman–Crippen LogP) is -1.99. The van der Waals surface area contributed by atoms with Gasteiger partial charge in [0.05, 0.1) is 19.3 Å². The van der Waals surface area contributed by atoms with Gasteiger partial charge in [0.1, 0.15) is 17.9 Å². The maximum Gasteiger partial charge on any atom is 0.278 e. The molecule has 0 saturated heterocycles.